The highest BCUT2D eigenvalue weighted by atomic mass is 79.9. The summed E-state index contributed by atoms with van der Waals surface area (Å²) in [6, 6.07) is 13.0. The minimum atomic E-state index is -3.77. The fourth-order valence-electron chi connectivity index (χ4n) is 3.34. The molecule has 10 heteroatoms. The van der Waals surface area contributed by atoms with E-state index in [1.165, 1.54) is 4.90 Å². The first-order chi connectivity index (χ1) is 15.6. The zero-order valence-corrected chi connectivity index (χ0v) is 22.1. The van der Waals surface area contributed by atoms with E-state index in [4.69, 9.17) is 11.6 Å². The molecule has 0 aliphatic heterocycles. The Labute approximate surface area is 209 Å². The first kappa shape index (κ1) is 27.1. The Balaban J connectivity index is 2.44. The highest BCUT2D eigenvalue weighted by Gasteiger charge is 2.32. The molecule has 2 amide bonds. The minimum Gasteiger partial charge on any atom is -0.354 e. The number of rotatable bonds is 11. The first-order valence-corrected chi connectivity index (χ1v) is 13.6. The standard InChI is InChI=1S/C23H29BrClN3O4S/c1-4-13-26-23(30)21(5-2)27(15-17-9-6-7-12-20(17)25)22(29)16-28(33(3,31)32)19-11-8-10-18(24)14-19/h6-12,14,21H,4-5,13,15-16H2,1-3H3,(H,26,30)/t21-/m0/s1. The fraction of sp³-hybridized carbons (Fsp3) is 0.391. The number of anilines is 1. The maximum Gasteiger partial charge on any atom is 0.244 e. The van der Waals surface area contributed by atoms with Crippen LogP contribution in [0.15, 0.2) is 53.0 Å². The molecule has 7 nitrogen and oxygen atoms in total. The third-order valence-electron chi connectivity index (χ3n) is 5.01. The molecule has 2 aromatic rings. The number of halogens is 2. The second-order valence-corrected chi connectivity index (χ2v) is 10.8. The quantitative estimate of drug-likeness (QED) is 0.448. The van der Waals surface area contributed by atoms with Crippen LogP contribution in [0, 0.1) is 0 Å². The molecule has 0 saturated carbocycles. The average Bonchev–Trinajstić information content (AvgIpc) is 2.76. The zero-order valence-electron chi connectivity index (χ0n) is 18.9. The molecule has 180 valence electrons. The molecule has 1 N–H and O–H groups in total. The second kappa shape index (κ2) is 12.4. The summed E-state index contributed by atoms with van der Waals surface area (Å²) in [5.41, 5.74) is 1.02. The Hall–Kier alpha value is -2.10. The summed E-state index contributed by atoms with van der Waals surface area (Å²) in [5, 5.41) is 3.30. The predicted molar refractivity (Wildman–Crippen MR) is 136 cm³/mol. The van der Waals surface area contributed by atoms with Crippen LogP contribution >= 0.6 is 27.5 Å². The van der Waals surface area contributed by atoms with E-state index in [0.29, 0.717) is 33.7 Å². The molecule has 0 aromatic heterocycles. The number of hydrogen-bond donors (Lipinski definition) is 1. The van der Waals surface area contributed by atoms with Crippen molar-refractivity contribution in [3.63, 3.8) is 0 Å². The molecular formula is C23H29BrClN3O4S. The third-order valence-corrected chi connectivity index (χ3v) is 7.01. The molecule has 0 heterocycles. The second-order valence-electron chi connectivity index (χ2n) is 7.58. The highest BCUT2D eigenvalue weighted by molar-refractivity contribution is 9.10. The number of sulfonamides is 1. The predicted octanol–water partition coefficient (Wildman–Crippen LogP) is 4.20. The summed E-state index contributed by atoms with van der Waals surface area (Å²) in [6.07, 6.45) is 2.16. The van der Waals surface area contributed by atoms with Crippen LogP contribution in [0.3, 0.4) is 0 Å². The van der Waals surface area contributed by atoms with Gasteiger partial charge in [0.15, 0.2) is 0 Å². The minimum absolute atomic E-state index is 0.0760. The molecule has 0 bridgehead atoms. The largest absolute Gasteiger partial charge is 0.354 e. The molecular weight excluding hydrogens is 530 g/mol. The summed E-state index contributed by atoms with van der Waals surface area (Å²) >= 11 is 9.66. The summed E-state index contributed by atoms with van der Waals surface area (Å²) in [5.74, 6) is -0.785. The van der Waals surface area contributed by atoms with Crippen molar-refractivity contribution in [2.24, 2.45) is 0 Å². The van der Waals surface area contributed by atoms with Crippen LogP contribution in [0.5, 0.6) is 0 Å². The van der Waals surface area contributed by atoms with E-state index in [9.17, 15) is 18.0 Å². The smallest absolute Gasteiger partial charge is 0.244 e. The van der Waals surface area contributed by atoms with Crippen molar-refractivity contribution < 1.29 is 18.0 Å². The van der Waals surface area contributed by atoms with E-state index in [2.05, 4.69) is 21.2 Å². The molecule has 0 aliphatic rings. The van der Waals surface area contributed by atoms with E-state index >= 15 is 0 Å². The Morgan fingerprint density at radius 2 is 1.82 bits per heavy atom. The Kier molecular flexibility index (Phi) is 10.2. The van der Waals surface area contributed by atoms with Crippen LogP contribution in [0.25, 0.3) is 0 Å². The third kappa shape index (κ3) is 7.72. The van der Waals surface area contributed by atoms with Crippen molar-refractivity contribution in [1.82, 2.24) is 10.2 Å². The van der Waals surface area contributed by atoms with E-state index in [0.717, 1.165) is 17.0 Å². The molecule has 33 heavy (non-hydrogen) atoms. The van der Waals surface area contributed by atoms with Crippen LogP contribution in [0.2, 0.25) is 5.02 Å². The molecule has 1 atom stereocenters. The van der Waals surface area contributed by atoms with Gasteiger partial charge in [-0.3, -0.25) is 13.9 Å². The van der Waals surface area contributed by atoms with Gasteiger partial charge in [0.2, 0.25) is 21.8 Å². The number of amides is 2. The highest BCUT2D eigenvalue weighted by Crippen LogP contribution is 2.24. The lowest BCUT2D eigenvalue weighted by atomic mass is 10.1. The lowest BCUT2D eigenvalue weighted by Crippen LogP contribution is -2.52. The van der Waals surface area contributed by atoms with Crippen molar-refractivity contribution in [3.05, 3.63) is 63.6 Å². The summed E-state index contributed by atoms with van der Waals surface area (Å²) in [7, 11) is -3.77. The van der Waals surface area contributed by atoms with E-state index in [-0.39, 0.29) is 12.5 Å². The van der Waals surface area contributed by atoms with E-state index in [1.54, 1.807) is 48.5 Å². The lowest BCUT2D eigenvalue weighted by Gasteiger charge is -2.33. The van der Waals surface area contributed by atoms with Crippen LogP contribution in [0.1, 0.15) is 32.3 Å². The maximum absolute atomic E-state index is 13.5. The molecule has 0 fully saturated rings. The first-order valence-electron chi connectivity index (χ1n) is 10.6. The van der Waals surface area contributed by atoms with Crippen molar-refractivity contribution >= 4 is 55.1 Å². The number of hydrogen-bond acceptors (Lipinski definition) is 4. The summed E-state index contributed by atoms with van der Waals surface area (Å²) in [6.45, 7) is 3.86. The van der Waals surface area contributed by atoms with Crippen LogP contribution in [-0.2, 0) is 26.2 Å². The van der Waals surface area contributed by atoms with Gasteiger partial charge in [-0.1, -0.05) is 65.6 Å². The van der Waals surface area contributed by atoms with Gasteiger partial charge in [-0.2, -0.15) is 0 Å². The van der Waals surface area contributed by atoms with E-state index in [1.807, 2.05) is 13.8 Å². The van der Waals surface area contributed by atoms with Gasteiger partial charge in [-0.25, -0.2) is 8.42 Å². The lowest BCUT2D eigenvalue weighted by molar-refractivity contribution is -0.140. The van der Waals surface area contributed by atoms with Crippen molar-refractivity contribution in [2.45, 2.75) is 39.3 Å². The monoisotopic (exact) mass is 557 g/mol. The number of benzene rings is 2. The zero-order chi connectivity index (χ0) is 24.6. The number of carbonyl (C=O) groups excluding carboxylic acids is 2. The van der Waals surface area contributed by atoms with Gasteiger partial charge in [0.1, 0.15) is 12.6 Å². The molecule has 0 saturated heterocycles. The number of nitrogens with zero attached hydrogens (tertiary/aromatic N) is 2. The van der Waals surface area contributed by atoms with Gasteiger partial charge in [0, 0.05) is 22.6 Å². The van der Waals surface area contributed by atoms with Gasteiger partial charge in [-0.15, -0.1) is 0 Å². The number of nitrogens with one attached hydrogen (secondary N) is 1. The van der Waals surface area contributed by atoms with Gasteiger partial charge < -0.3 is 10.2 Å². The normalized spacial score (nSPS) is 12.2. The SMILES string of the molecule is CCCNC(=O)[C@H](CC)N(Cc1ccccc1Cl)C(=O)CN(c1cccc(Br)c1)S(C)(=O)=O. The topological polar surface area (TPSA) is 86.8 Å². The van der Waals surface area contributed by atoms with Crippen molar-refractivity contribution in [1.29, 1.82) is 0 Å². The maximum atomic E-state index is 13.5. The van der Waals surface area contributed by atoms with Crippen molar-refractivity contribution in [3.8, 4) is 0 Å². The van der Waals surface area contributed by atoms with Crippen molar-refractivity contribution in [2.75, 3.05) is 23.7 Å². The Morgan fingerprint density at radius 1 is 1.12 bits per heavy atom. The number of carbonyl (C=O) groups is 2. The molecule has 0 radical (unpaired) electrons. The van der Waals surface area contributed by atoms with Crippen LogP contribution in [-0.4, -0.2) is 50.5 Å². The Morgan fingerprint density at radius 3 is 2.39 bits per heavy atom. The van der Waals surface area contributed by atoms with Gasteiger partial charge in [-0.05, 0) is 42.7 Å². The molecule has 2 aromatic carbocycles. The molecule has 0 spiro atoms. The average molecular weight is 559 g/mol. The molecule has 2 rings (SSSR count). The van der Waals surface area contributed by atoms with Gasteiger partial charge >= 0.3 is 0 Å². The Bertz CT molecular complexity index is 1080. The fourth-order valence-corrected chi connectivity index (χ4v) is 4.76. The van der Waals surface area contributed by atoms with Gasteiger partial charge in [0.05, 0.1) is 11.9 Å². The summed E-state index contributed by atoms with van der Waals surface area (Å²) in [4.78, 5) is 27.8. The van der Waals surface area contributed by atoms with E-state index < -0.39 is 28.5 Å². The summed E-state index contributed by atoms with van der Waals surface area (Å²) < 4.78 is 26.9. The molecule has 0 unspecified atom stereocenters. The van der Waals surface area contributed by atoms with Crippen LogP contribution in [0.4, 0.5) is 5.69 Å². The molecule has 0 aliphatic carbocycles. The van der Waals surface area contributed by atoms with Gasteiger partial charge in [0.25, 0.3) is 0 Å². The van der Waals surface area contributed by atoms with Crippen LogP contribution < -0.4 is 9.62 Å².